The maximum absolute atomic E-state index is 12.8. The quantitative estimate of drug-likeness (QED) is 0.491. The van der Waals surface area contributed by atoms with Gasteiger partial charge in [0.05, 0.1) is 10.5 Å². The summed E-state index contributed by atoms with van der Waals surface area (Å²) in [5, 5.41) is 13.0. The summed E-state index contributed by atoms with van der Waals surface area (Å²) in [7, 11) is 0. The van der Waals surface area contributed by atoms with Crippen molar-refractivity contribution in [2.24, 2.45) is 5.73 Å². The van der Waals surface area contributed by atoms with Crippen LogP contribution in [0.2, 0.25) is 0 Å². The van der Waals surface area contributed by atoms with Gasteiger partial charge in [0.1, 0.15) is 0 Å². The molecule has 0 bridgehead atoms. The first-order chi connectivity index (χ1) is 8.86. The maximum atomic E-state index is 12.8. The summed E-state index contributed by atoms with van der Waals surface area (Å²) in [6, 6.07) is 2.57. The Morgan fingerprint density at radius 2 is 2.05 bits per heavy atom. The molecule has 0 aliphatic carbocycles. The van der Waals surface area contributed by atoms with E-state index < -0.39 is 22.4 Å². The first kappa shape index (κ1) is 15.0. The average molecular weight is 275 g/mol. The van der Waals surface area contributed by atoms with E-state index >= 15 is 0 Å². The molecule has 8 heteroatoms. The summed E-state index contributed by atoms with van der Waals surface area (Å²) in [5.74, 6) is 0. The third kappa shape index (κ3) is 4.25. The van der Waals surface area contributed by atoms with Crippen LogP contribution in [0.25, 0.3) is 0 Å². The van der Waals surface area contributed by atoms with Gasteiger partial charge in [-0.25, -0.2) is 0 Å². The highest BCUT2D eigenvalue weighted by molar-refractivity contribution is 5.57. The van der Waals surface area contributed by atoms with E-state index in [0.717, 1.165) is 12.1 Å². The van der Waals surface area contributed by atoms with Gasteiger partial charge in [0.25, 0.3) is 5.69 Å². The van der Waals surface area contributed by atoms with Crippen molar-refractivity contribution >= 4 is 11.4 Å². The highest BCUT2D eigenvalue weighted by Gasteiger charge is 2.35. The third-order valence-corrected chi connectivity index (χ3v) is 2.23. The van der Waals surface area contributed by atoms with Crippen LogP contribution in [-0.2, 0) is 6.18 Å². The number of rotatable bonds is 5. The van der Waals surface area contributed by atoms with Crippen LogP contribution < -0.4 is 11.1 Å². The van der Waals surface area contributed by atoms with E-state index in [1.807, 2.05) is 0 Å². The summed E-state index contributed by atoms with van der Waals surface area (Å²) in [6.45, 7) is 0.437. The second kappa shape index (κ2) is 6.19. The molecule has 0 unspecified atom stereocenters. The number of benzene rings is 1. The van der Waals surface area contributed by atoms with E-state index in [1.165, 1.54) is 0 Å². The van der Waals surface area contributed by atoms with Crippen molar-refractivity contribution in [3.63, 3.8) is 0 Å². The lowest BCUT2D eigenvalue weighted by molar-refractivity contribution is -0.385. The Balaban J connectivity index is 3.03. The van der Waals surface area contributed by atoms with Gasteiger partial charge in [-0.15, -0.1) is 0 Å². The zero-order valence-corrected chi connectivity index (χ0v) is 9.78. The van der Waals surface area contributed by atoms with Crippen LogP contribution in [-0.4, -0.2) is 18.0 Å². The van der Waals surface area contributed by atoms with Crippen LogP contribution in [0.5, 0.6) is 0 Å². The predicted molar refractivity (Wildman–Crippen MR) is 64.8 cm³/mol. The highest BCUT2D eigenvalue weighted by atomic mass is 19.4. The topological polar surface area (TPSA) is 81.2 Å². The fourth-order valence-electron chi connectivity index (χ4n) is 1.38. The molecule has 19 heavy (non-hydrogen) atoms. The van der Waals surface area contributed by atoms with Crippen molar-refractivity contribution in [3.05, 3.63) is 46.0 Å². The van der Waals surface area contributed by atoms with Crippen LogP contribution in [0.1, 0.15) is 5.56 Å². The smallest absolute Gasteiger partial charge is 0.381 e. The fourth-order valence-corrected chi connectivity index (χ4v) is 1.38. The SMILES string of the molecule is NC/C=C/CNc1ccc([N+](=O)[O-])cc1C(F)(F)F. The van der Waals surface area contributed by atoms with Crippen molar-refractivity contribution in [2.75, 3.05) is 18.4 Å². The van der Waals surface area contributed by atoms with Crippen LogP contribution in [0.3, 0.4) is 0 Å². The second-order valence-electron chi connectivity index (χ2n) is 3.57. The molecule has 0 amide bonds. The normalized spacial score (nSPS) is 11.8. The van der Waals surface area contributed by atoms with E-state index in [-0.39, 0.29) is 18.8 Å². The number of alkyl halides is 3. The molecule has 0 heterocycles. The number of non-ortho nitro benzene ring substituents is 1. The minimum Gasteiger partial charge on any atom is -0.381 e. The van der Waals surface area contributed by atoms with Crippen LogP contribution in [0.4, 0.5) is 24.5 Å². The highest BCUT2D eigenvalue weighted by Crippen LogP contribution is 2.36. The Labute approximate surface area is 107 Å². The number of nitrogens with one attached hydrogen (secondary N) is 1. The number of hydrogen-bond donors (Lipinski definition) is 2. The molecule has 0 spiro atoms. The minimum atomic E-state index is -4.66. The maximum Gasteiger partial charge on any atom is 0.418 e. The number of nitro benzene ring substituents is 1. The minimum absolute atomic E-state index is 0.151. The number of anilines is 1. The summed E-state index contributed by atoms with van der Waals surface area (Å²) in [6.07, 6.45) is -1.50. The molecule has 0 radical (unpaired) electrons. The largest absolute Gasteiger partial charge is 0.418 e. The molecular formula is C11H12F3N3O2. The van der Waals surface area contributed by atoms with Gasteiger partial charge >= 0.3 is 6.18 Å². The molecule has 0 aliphatic rings. The number of nitro groups is 1. The summed E-state index contributed by atoms with van der Waals surface area (Å²) < 4.78 is 38.3. The van der Waals surface area contributed by atoms with Gasteiger partial charge in [0.2, 0.25) is 0 Å². The van der Waals surface area contributed by atoms with Crippen molar-refractivity contribution in [1.82, 2.24) is 0 Å². The fraction of sp³-hybridized carbons (Fsp3) is 0.273. The predicted octanol–water partition coefficient (Wildman–Crippen LogP) is 2.54. The van der Waals surface area contributed by atoms with Gasteiger partial charge in [0, 0.05) is 30.9 Å². The molecule has 0 atom stereocenters. The molecule has 0 aromatic heterocycles. The van der Waals surface area contributed by atoms with E-state index in [2.05, 4.69) is 5.32 Å². The third-order valence-electron chi connectivity index (χ3n) is 2.23. The lowest BCUT2D eigenvalue weighted by atomic mass is 10.1. The summed E-state index contributed by atoms with van der Waals surface area (Å²) in [5.41, 5.74) is 3.31. The molecule has 1 aromatic rings. The van der Waals surface area contributed by atoms with Crippen molar-refractivity contribution in [3.8, 4) is 0 Å². The zero-order valence-electron chi connectivity index (χ0n) is 9.78. The van der Waals surface area contributed by atoms with Gasteiger partial charge in [-0.2, -0.15) is 13.2 Å². The Kier molecular flexibility index (Phi) is 4.87. The second-order valence-corrected chi connectivity index (χ2v) is 3.57. The molecule has 5 nitrogen and oxygen atoms in total. The van der Waals surface area contributed by atoms with Gasteiger partial charge in [-0.05, 0) is 6.07 Å². The Hall–Kier alpha value is -2.09. The monoisotopic (exact) mass is 275 g/mol. The Bertz CT molecular complexity index is 487. The molecule has 0 fully saturated rings. The van der Waals surface area contributed by atoms with Crippen LogP contribution in [0, 0.1) is 10.1 Å². The number of hydrogen-bond acceptors (Lipinski definition) is 4. The summed E-state index contributed by atoms with van der Waals surface area (Å²) in [4.78, 5) is 9.62. The van der Waals surface area contributed by atoms with Gasteiger partial charge in [-0.3, -0.25) is 10.1 Å². The number of halogens is 3. The Morgan fingerprint density at radius 3 is 2.58 bits per heavy atom. The molecule has 104 valence electrons. The lowest BCUT2D eigenvalue weighted by Gasteiger charge is -2.13. The van der Waals surface area contributed by atoms with E-state index in [9.17, 15) is 23.3 Å². The van der Waals surface area contributed by atoms with Gasteiger partial charge in [0.15, 0.2) is 0 Å². The van der Waals surface area contributed by atoms with E-state index in [0.29, 0.717) is 6.07 Å². The molecule has 3 N–H and O–H groups in total. The van der Waals surface area contributed by atoms with E-state index in [1.54, 1.807) is 12.2 Å². The molecule has 0 saturated carbocycles. The number of nitrogens with zero attached hydrogens (tertiary/aromatic N) is 1. The van der Waals surface area contributed by atoms with Gasteiger partial charge in [-0.1, -0.05) is 12.2 Å². The van der Waals surface area contributed by atoms with Gasteiger partial charge < -0.3 is 11.1 Å². The van der Waals surface area contributed by atoms with Crippen LogP contribution >= 0.6 is 0 Å². The van der Waals surface area contributed by atoms with Crippen molar-refractivity contribution in [2.45, 2.75) is 6.18 Å². The van der Waals surface area contributed by atoms with Crippen molar-refractivity contribution in [1.29, 1.82) is 0 Å². The van der Waals surface area contributed by atoms with E-state index in [4.69, 9.17) is 5.73 Å². The standard InChI is InChI=1S/C11H12F3N3O2/c12-11(13,14)9-7-8(17(18)19)3-4-10(9)16-6-2-1-5-15/h1-4,7,16H,5-6,15H2/b2-1+. The average Bonchev–Trinajstić information content (AvgIpc) is 2.33. The molecule has 0 saturated heterocycles. The zero-order chi connectivity index (χ0) is 14.5. The Morgan fingerprint density at radius 1 is 1.37 bits per heavy atom. The molecule has 0 aliphatic heterocycles. The first-order valence-electron chi connectivity index (χ1n) is 5.31. The molecular weight excluding hydrogens is 263 g/mol. The summed E-state index contributed by atoms with van der Waals surface area (Å²) >= 11 is 0. The molecule has 1 rings (SSSR count). The number of nitrogens with two attached hydrogens (primary N) is 1. The molecule has 1 aromatic carbocycles. The van der Waals surface area contributed by atoms with Crippen molar-refractivity contribution < 1.29 is 18.1 Å². The first-order valence-corrected chi connectivity index (χ1v) is 5.31. The van der Waals surface area contributed by atoms with Crippen LogP contribution in [0.15, 0.2) is 30.4 Å². The lowest BCUT2D eigenvalue weighted by Crippen LogP contribution is -2.11.